The van der Waals surface area contributed by atoms with E-state index < -0.39 is 5.97 Å². The third-order valence-electron chi connectivity index (χ3n) is 6.41. The Labute approximate surface area is 189 Å². The molecule has 3 aliphatic carbocycles. The van der Waals surface area contributed by atoms with Crippen molar-refractivity contribution in [3.05, 3.63) is 58.8 Å². The predicted molar refractivity (Wildman–Crippen MR) is 117 cm³/mol. The number of imide groups is 1. The molecule has 4 aliphatic rings. The second-order valence-corrected chi connectivity index (χ2v) is 8.60. The van der Waals surface area contributed by atoms with E-state index >= 15 is 0 Å². The van der Waals surface area contributed by atoms with Crippen molar-refractivity contribution in [3.8, 4) is 11.3 Å². The van der Waals surface area contributed by atoms with E-state index in [1.165, 1.54) is 6.21 Å². The largest absolute Gasteiger partial charge is 0.462 e. The highest BCUT2D eigenvalue weighted by molar-refractivity contribution is 6.33. The van der Waals surface area contributed by atoms with E-state index in [4.69, 9.17) is 20.8 Å². The van der Waals surface area contributed by atoms with Gasteiger partial charge < -0.3 is 9.15 Å². The summed E-state index contributed by atoms with van der Waals surface area (Å²) in [5, 5.41) is 5.45. The van der Waals surface area contributed by atoms with Crippen LogP contribution >= 0.6 is 11.6 Å². The van der Waals surface area contributed by atoms with Gasteiger partial charge in [0.05, 0.1) is 35.2 Å². The molecule has 4 atom stereocenters. The average Bonchev–Trinajstić information content (AvgIpc) is 3.38. The first-order valence-electron chi connectivity index (χ1n) is 10.6. The van der Waals surface area contributed by atoms with Crippen LogP contribution in [0.15, 0.2) is 52.0 Å². The smallest absolute Gasteiger partial charge is 0.339 e. The van der Waals surface area contributed by atoms with Gasteiger partial charge in [-0.1, -0.05) is 23.8 Å². The van der Waals surface area contributed by atoms with Gasteiger partial charge in [-0.05, 0) is 61.9 Å². The number of hydrogen-bond acceptors (Lipinski definition) is 6. The first kappa shape index (κ1) is 20.7. The second-order valence-electron chi connectivity index (χ2n) is 8.19. The molecule has 1 aromatic carbocycles. The lowest BCUT2D eigenvalue weighted by Gasteiger charge is -2.37. The molecule has 1 aromatic heterocycles. The van der Waals surface area contributed by atoms with Gasteiger partial charge in [0.2, 0.25) is 0 Å². The number of carbonyl (C=O) groups excluding carboxylic acids is 3. The Morgan fingerprint density at radius 3 is 2.47 bits per heavy atom. The fourth-order valence-electron chi connectivity index (χ4n) is 4.91. The van der Waals surface area contributed by atoms with E-state index in [-0.39, 0.29) is 52.7 Å². The Balaban J connectivity index is 1.35. The average molecular weight is 453 g/mol. The van der Waals surface area contributed by atoms with Crippen molar-refractivity contribution in [2.24, 2.45) is 28.8 Å². The number of rotatable bonds is 5. The molecule has 2 heterocycles. The summed E-state index contributed by atoms with van der Waals surface area (Å²) in [4.78, 5) is 37.8. The topological polar surface area (TPSA) is 89.2 Å². The standard InChI is InChI=1S/C24H21ClN2O5/c1-2-31-24(30)17-11-15(7-9-18(17)25)19-10-8-16(32-19)12-26-27-22(28)20-13-3-4-14(6-5-13)21(20)23(27)29/h3-4,7-14,20-21H,2,5-6H2,1H3/b26-12-/t13-,14-,20-,21-/m1/s1. The summed E-state index contributed by atoms with van der Waals surface area (Å²) in [6.07, 6.45) is 7.39. The maximum Gasteiger partial charge on any atom is 0.339 e. The normalized spacial score (nSPS) is 26.2. The van der Waals surface area contributed by atoms with Crippen molar-refractivity contribution in [1.29, 1.82) is 0 Å². The summed E-state index contributed by atoms with van der Waals surface area (Å²) in [6, 6.07) is 8.33. The van der Waals surface area contributed by atoms with Crippen LogP contribution in [0, 0.1) is 23.7 Å². The number of carbonyl (C=O) groups is 3. The molecular weight excluding hydrogens is 432 g/mol. The highest BCUT2D eigenvalue weighted by Crippen LogP contribution is 2.49. The molecule has 32 heavy (non-hydrogen) atoms. The first-order valence-corrected chi connectivity index (χ1v) is 11.0. The van der Waals surface area contributed by atoms with Crippen LogP contribution in [0.4, 0.5) is 0 Å². The summed E-state index contributed by atoms with van der Waals surface area (Å²) in [6.45, 7) is 1.97. The van der Waals surface area contributed by atoms with Crippen LogP contribution in [0.2, 0.25) is 5.02 Å². The highest BCUT2D eigenvalue weighted by atomic mass is 35.5. The van der Waals surface area contributed by atoms with Crippen molar-refractivity contribution < 1.29 is 23.5 Å². The van der Waals surface area contributed by atoms with Gasteiger partial charge in [-0.15, -0.1) is 0 Å². The zero-order chi connectivity index (χ0) is 22.4. The van der Waals surface area contributed by atoms with E-state index in [2.05, 4.69) is 17.3 Å². The fraction of sp³-hybridized carbons (Fsp3) is 0.333. The number of hydrazone groups is 1. The lowest BCUT2D eigenvalue weighted by Crippen LogP contribution is -2.38. The van der Waals surface area contributed by atoms with Crippen LogP contribution in [0.3, 0.4) is 0 Å². The Morgan fingerprint density at radius 2 is 1.84 bits per heavy atom. The molecule has 0 unspecified atom stereocenters. The zero-order valence-corrected chi connectivity index (χ0v) is 18.1. The third kappa shape index (κ3) is 3.37. The quantitative estimate of drug-likeness (QED) is 0.292. The molecule has 2 bridgehead atoms. The Kier molecular flexibility index (Phi) is 5.21. The third-order valence-corrected chi connectivity index (χ3v) is 6.74. The minimum Gasteiger partial charge on any atom is -0.462 e. The number of furan rings is 1. The number of nitrogens with zero attached hydrogens (tertiary/aromatic N) is 2. The van der Waals surface area contributed by atoms with Gasteiger partial charge in [0.1, 0.15) is 11.5 Å². The van der Waals surface area contributed by atoms with Gasteiger partial charge in [-0.25, -0.2) is 4.79 Å². The number of esters is 1. The van der Waals surface area contributed by atoms with Crippen molar-refractivity contribution in [2.75, 3.05) is 6.61 Å². The molecule has 2 fully saturated rings. The molecule has 2 aromatic rings. The van der Waals surface area contributed by atoms with Crippen LogP contribution in [-0.2, 0) is 14.3 Å². The number of hydrogen-bond donors (Lipinski definition) is 0. The van der Waals surface area contributed by atoms with E-state index in [1.54, 1.807) is 37.3 Å². The van der Waals surface area contributed by atoms with Crippen LogP contribution in [0.5, 0.6) is 0 Å². The van der Waals surface area contributed by atoms with Gasteiger partial charge in [0.15, 0.2) is 0 Å². The molecule has 1 aliphatic heterocycles. The summed E-state index contributed by atoms with van der Waals surface area (Å²) in [5.74, 6) is -0.475. The summed E-state index contributed by atoms with van der Waals surface area (Å²) in [5.41, 5.74) is 0.885. The summed E-state index contributed by atoms with van der Waals surface area (Å²) < 4.78 is 10.8. The number of ether oxygens (including phenoxy) is 1. The Hall–Kier alpha value is -3.19. The molecule has 0 spiro atoms. The molecule has 7 nitrogen and oxygen atoms in total. The number of benzene rings is 1. The molecule has 0 radical (unpaired) electrons. The lowest BCUT2D eigenvalue weighted by atomic mass is 9.63. The predicted octanol–water partition coefficient (Wildman–Crippen LogP) is 4.31. The summed E-state index contributed by atoms with van der Waals surface area (Å²) >= 11 is 6.12. The van der Waals surface area contributed by atoms with Gasteiger partial charge in [-0.2, -0.15) is 10.1 Å². The first-order chi connectivity index (χ1) is 15.5. The van der Waals surface area contributed by atoms with E-state index in [0.717, 1.165) is 17.9 Å². The van der Waals surface area contributed by atoms with Gasteiger partial charge in [-0.3, -0.25) is 9.59 Å². The zero-order valence-electron chi connectivity index (χ0n) is 17.4. The van der Waals surface area contributed by atoms with E-state index in [1.807, 2.05) is 0 Å². The number of halogens is 1. The minimum absolute atomic E-state index is 0.121. The van der Waals surface area contributed by atoms with Gasteiger partial charge in [0, 0.05) is 5.56 Å². The molecular formula is C24H21ClN2O5. The van der Waals surface area contributed by atoms with E-state index in [9.17, 15) is 14.4 Å². The lowest BCUT2D eigenvalue weighted by molar-refractivity contribution is -0.140. The van der Waals surface area contributed by atoms with Crippen molar-refractivity contribution in [2.45, 2.75) is 19.8 Å². The van der Waals surface area contributed by atoms with Crippen molar-refractivity contribution in [1.82, 2.24) is 5.01 Å². The van der Waals surface area contributed by atoms with Crippen LogP contribution in [-0.4, -0.2) is 35.6 Å². The number of amides is 2. The molecule has 1 saturated heterocycles. The van der Waals surface area contributed by atoms with Crippen molar-refractivity contribution >= 4 is 35.6 Å². The molecule has 8 heteroatoms. The second kappa shape index (κ2) is 8.06. The van der Waals surface area contributed by atoms with E-state index in [0.29, 0.717) is 17.1 Å². The Bertz CT molecular complexity index is 1130. The Morgan fingerprint density at radius 1 is 1.16 bits per heavy atom. The number of allylic oxidation sites excluding steroid dienone is 2. The van der Waals surface area contributed by atoms with Gasteiger partial charge in [0.25, 0.3) is 11.8 Å². The molecule has 2 amide bonds. The fourth-order valence-corrected chi connectivity index (χ4v) is 5.10. The van der Waals surface area contributed by atoms with Crippen LogP contribution < -0.4 is 0 Å². The molecule has 164 valence electrons. The molecule has 6 rings (SSSR count). The summed E-state index contributed by atoms with van der Waals surface area (Å²) in [7, 11) is 0. The number of fused-ring (bicyclic) bond motifs is 1. The maximum absolute atomic E-state index is 12.8. The minimum atomic E-state index is -0.510. The monoisotopic (exact) mass is 452 g/mol. The SMILES string of the molecule is CCOC(=O)c1cc(-c2ccc(/C=N\N3C(=O)[C@H]4[C@H](C3=O)[C@@H]3C=C[C@@H]4CC3)o2)ccc1Cl. The maximum atomic E-state index is 12.8. The van der Waals surface area contributed by atoms with Crippen LogP contribution in [0.25, 0.3) is 11.3 Å². The van der Waals surface area contributed by atoms with Crippen molar-refractivity contribution in [3.63, 3.8) is 0 Å². The van der Waals surface area contributed by atoms with Crippen LogP contribution in [0.1, 0.15) is 35.9 Å². The molecule has 1 saturated carbocycles. The molecule has 0 N–H and O–H groups in total. The van der Waals surface area contributed by atoms with Gasteiger partial charge >= 0.3 is 5.97 Å². The highest BCUT2D eigenvalue weighted by Gasteiger charge is 2.56.